The number of benzene rings is 2. The number of hydrogen-bond donors (Lipinski definition) is 1. The molecule has 0 heterocycles. The summed E-state index contributed by atoms with van der Waals surface area (Å²) >= 11 is 12.5. The molecule has 0 radical (unpaired) electrons. The van der Waals surface area contributed by atoms with Crippen LogP contribution in [-0.2, 0) is 11.2 Å². The van der Waals surface area contributed by atoms with Crippen LogP contribution in [0.4, 0.5) is 11.4 Å². The zero-order chi connectivity index (χ0) is 17.5. The fourth-order valence-corrected chi connectivity index (χ4v) is 3.32. The summed E-state index contributed by atoms with van der Waals surface area (Å²) in [4.78, 5) is 0. The maximum absolute atomic E-state index is 6.27. The smallest absolute Gasteiger partial charge is 0.0762 e. The van der Waals surface area contributed by atoms with Crippen molar-refractivity contribution in [2.45, 2.75) is 39.2 Å². The Kier molecular flexibility index (Phi) is 7.41. The maximum atomic E-state index is 6.27. The van der Waals surface area contributed by atoms with Gasteiger partial charge in [-0.25, -0.2) is 0 Å². The predicted molar refractivity (Wildman–Crippen MR) is 105 cm³/mol. The standard InChI is InChI=1S/C20H25Cl2NO/c1-14(2)19(24-3)13-6-9-15-8-4-5-12-18(15)23-20-16(21)10-7-11-17(20)22/h4-5,7-8,10-12,14,19,23H,6,9,13H2,1-3H3. The fraction of sp³-hybridized carbons (Fsp3) is 0.400. The average molecular weight is 366 g/mol. The molecule has 1 atom stereocenters. The van der Waals surface area contributed by atoms with E-state index in [9.17, 15) is 0 Å². The van der Waals surface area contributed by atoms with Gasteiger partial charge in [-0.1, -0.05) is 61.3 Å². The largest absolute Gasteiger partial charge is 0.381 e. The second-order valence-corrected chi connectivity index (χ2v) is 7.10. The van der Waals surface area contributed by atoms with Gasteiger partial charge in [0.2, 0.25) is 0 Å². The molecule has 0 fully saturated rings. The van der Waals surface area contributed by atoms with Crippen LogP contribution in [0.15, 0.2) is 42.5 Å². The third-order valence-corrected chi connectivity index (χ3v) is 4.85. The molecule has 4 heteroatoms. The minimum absolute atomic E-state index is 0.308. The Morgan fingerprint density at radius 2 is 1.67 bits per heavy atom. The van der Waals surface area contributed by atoms with Gasteiger partial charge in [-0.05, 0) is 48.9 Å². The van der Waals surface area contributed by atoms with Crippen LogP contribution in [0.25, 0.3) is 0 Å². The van der Waals surface area contributed by atoms with Gasteiger partial charge >= 0.3 is 0 Å². The van der Waals surface area contributed by atoms with Gasteiger partial charge in [-0.15, -0.1) is 0 Å². The molecule has 1 unspecified atom stereocenters. The topological polar surface area (TPSA) is 21.3 Å². The third kappa shape index (κ3) is 5.14. The molecule has 130 valence electrons. The van der Waals surface area contributed by atoms with E-state index in [4.69, 9.17) is 27.9 Å². The van der Waals surface area contributed by atoms with Gasteiger partial charge in [-0.2, -0.15) is 0 Å². The molecule has 0 aliphatic carbocycles. The lowest BCUT2D eigenvalue weighted by Gasteiger charge is -2.19. The summed E-state index contributed by atoms with van der Waals surface area (Å²) in [5.41, 5.74) is 3.06. The summed E-state index contributed by atoms with van der Waals surface area (Å²) in [6, 6.07) is 13.8. The number of nitrogens with one attached hydrogen (secondary N) is 1. The monoisotopic (exact) mass is 365 g/mol. The molecule has 2 rings (SSSR count). The number of ether oxygens (including phenoxy) is 1. The molecule has 0 spiro atoms. The van der Waals surface area contributed by atoms with E-state index in [0.717, 1.165) is 30.6 Å². The van der Waals surface area contributed by atoms with Crippen molar-refractivity contribution in [3.8, 4) is 0 Å². The Morgan fingerprint density at radius 3 is 2.29 bits per heavy atom. The van der Waals surface area contributed by atoms with Crippen LogP contribution in [0, 0.1) is 5.92 Å². The number of aryl methyl sites for hydroxylation is 1. The van der Waals surface area contributed by atoms with Gasteiger partial charge in [0.05, 0.1) is 21.8 Å². The predicted octanol–water partition coefficient (Wildman–Crippen LogP) is 6.73. The van der Waals surface area contributed by atoms with Crippen LogP contribution in [0.2, 0.25) is 10.0 Å². The Balaban J connectivity index is 2.08. The van der Waals surface area contributed by atoms with Crippen molar-refractivity contribution in [3.63, 3.8) is 0 Å². The first-order valence-corrected chi connectivity index (χ1v) is 9.10. The SMILES string of the molecule is COC(CCCc1ccccc1Nc1c(Cl)cccc1Cl)C(C)C. The molecular formula is C20H25Cl2NO. The van der Waals surface area contributed by atoms with Gasteiger partial charge < -0.3 is 10.1 Å². The first kappa shape index (κ1) is 19.1. The first-order valence-electron chi connectivity index (χ1n) is 8.34. The summed E-state index contributed by atoms with van der Waals surface area (Å²) in [6.07, 6.45) is 3.42. The number of anilines is 2. The highest BCUT2D eigenvalue weighted by atomic mass is 35.5. The zero-order valence-electron chi connectivity index (χ0n) is 14.5. The number of methoxy groups -OCH3 is 1. The fourth-order valence-electron chi connectivity index (χ4n) is 2.83. The number of para-hydroxylation sites is 2. The summed E-state index contributed by atoms with van der Waals surface area (Å²) in [5.74, 6) is 0.533. The van der Waals surface area contributed by atoms with Crippen LogP contribution in [0.3, 0.4) is 0 Å². The highest BCUT2D eigenvalue weighted by Crippen LogP contribution is 2.33. The van der Waals surface area contributed by atoms with Crippen LogP contribution in [0.5, 0.6) is 0 Å². The van der Waals surface area contributed by atoms with Crippen molar-refractivity contribution in [1.82, 2.24) is 0 Å². The van der Waals surface area contributed by atoms with E-state index in [1.807, 2.05) is 24.3 Å². The molecule has 0 aromatic heterocycles. The molecule has 0 bridgehead atoms. The molecule has 0 saturated carbocycles. The molecule has 2 aromatic carbocycles. The molecule has 1 N–H and O–H groups in total. The van der Waals surface area contributed by atoms with Crippen molar-refractivity contribution >= 4 is 34.6 Å². The minimum atomic E-state index is 0.308. The Bertz CT molecular complexity index is 638. The van der Waals surface area contributed by atoms with E-state index in [1.165, 1.54) is 5.56 Å². The molecular weight excluding hydrogens is 341 g/mol. The third-order valence-electron chi connectivity index (χ3n) is 4.22. The van der Waals surface area contributed by atoms with E-state index in [0.29, 0.717) is 22.1 Å². The molecule has 0 aliphatic heterocycles. The van der Waals surface area contributed by atoms with E-state index in [2.05, 4.69) is 37.4 Å². The highest BCUT2D eigenvalue weighted by Gasteiger charge is 2.13. The van der Waals surface area contributed by atoms with Crippen LogP contribution in [0.1, 0.15) is 32.3 Å². The quantitative estimate of drug-likeness (QED) is 0.559. The van der Waals surface area contributed by atoms with Crippen molar-refractivity contribution in [3.05, 3.63) is 58.1 Å². The lowest BCUT2D eigenvalue weighted by atomic mass is 9.98. The van der Waals surface area contributed by atoms with Crippen LogP contribution < -0.4 is 5.32 Å². The van der Waals surface area contributed by atoms with Crippen molar-refractivity contribution < 1.29 is 4.74 Å². The van der Waals surface area contributed by atoms with Crippen molar-refractivity contribution in [1.29, 1.82) is 0 Å². The van der Waals surface area contributed by atoms with E-state index in [-0.39, 0.29) is 0 Å². The van der Waals surface area contributed by atoms with E-state index >= 15 is 0 Å². The van der Waals surface area contributed by atoms with Crippen LogP contribution >= 0.6 is 23.2 Å². The Labute approximate surface area is 155 Å². The second-order valence-electron chi connectivity index (χ2n) is 6.29. The van der Waals surface area contributed by atoms with Gasteiger partial charge in [0, 0.05) is 12.8 Å². The zero-order valence-corrected chi connectivity index (χ0v) is 16.0. The summed E-state index contributed by atoms with van der Waals surface area (Å²) in [7, 11) is 1.79. The summed E-state index contributed by atoms with van der Waals surface area (Å²) in [5, 5.41) is 4.63. The van der Waals surface area contributed by atoms with Crippen LogP contribution in [-0.4, -0.2) is 13.2 Å². The van der Waals surface area contributed by atoms with E-state index < -0.39 is 0 Å². The Morgan fingerprint density at radius 1 is 1.00 bits per heavy atom. The summed E-state index contributed by atoms with van der Waals surface area (Å²) in [6.45, 7) is 4.39. The van der Waals surface area contributed by atoms with Gasteiger partial charge in [0.15, 0.2) is 0 Å². The van der Waals surface area contributed by atoms with Gasteiger partial charge in [0.1, 0.15) is 0 Å². The van der Waals surface area contributed by atoms with Crippen molar-refractivity contribution in [2.24, 2.45) is 5.92 Å². The molecule has 24 heavy (non-hydrogen) atoms. The number of halogens is 2. The molecule has 0 amide bonds. The number of rotatable bonds is 8. The van der Waals surface area contributed by atoms with Crippen molar-refractivity contribution in [2.75, 3.05) is 12.4 Å². The Hall–Kier alpha value is -1.22. The molecule has 0 aliphatic rings. The highest BCUT2D eigenvalue weighted by molar-refractivity contribution is 6.39. The first-order chi connectivity index (χ1) is 11.5. The van der Waals surface area contributed by atoms with Gasteiger partial charge in [-0.3, -0.25) is 0 Å². The van der Waals surface area contributed by atoms with E-state index in [1.54, 1.807) is 7.11 Å². The normalized spacial score (nSPS) is 12.4. The molecule has 2 aromatic rings. The minimum Gasteiger partial charge on any atom is -0.381 e. The number of hydrogen-bond acceptors (Lipinski definition) is 2. The molecule has 0 saturated heterocycles. The molecule has 2 nitrogen and oxygen atoms in total. The van der Waals surface area contributed by atoms with Gasteiger partial charge in [0.25, 0.3) is 0 Å². The lowest BCUT2D eigenvalue weighted by Crippen LogP contribution is -2.18. The lowest BCUT2D eigenvalue weighted by molar-refractivity contribution is 0.0566. The average Bonchev–Trinajstić information content (AvgIpc) is 2.56. The summed E-state index contributed by atoms with van der Waals surface area (Å²) < 4.78 is 5.56. The maximum Gasteiger partial charge on any atom is 0.0762 e. The second kappa shape index (κ2) is 9.31.